The predicted molar refractivity (Wildman–Crippen MR) is 115 cm³/mol. The molecule has 5 rings (SSSR count). The zero-order valence-corrected chi connectivity index (χ0v) is 17.0. The first-order chi connectivity index (χ1) is 15.0. The van der Waals surface area contributed by atoms with E-state index in [9.17, 15) is 14.3 Å². The number of hydrogen-bond donors (Lipinski definition) is 2. The van der Waals surface area contributed by atoms with Gasteiger partial charge in [-0.05, 0) is 37.5 Å². The Morgan fingerprint density at radius 3 is 2.81 bits per heavy atom. The Hall–Kier alpha value is -3.58. The van der Waals surface area contributed by atoms with Crippen molar-refractivity contribution >= 4 is 11.6 Å². The summed E-state index contributed by atoms with van der Waals surface area (Å²) in [6.07, 6.45) is 5.40. The topological polar surface area (TPSA) is 79.5 Å². The minimum atomic E-state index is -0.567. The molecule has 0 bridgehead atoms. The lowest BCUT2D eigenvalue weighted by atomic mass is 10.1. The van der Waals surface area contributed by atoms with Crippen molar-refractivity contribution in [1.82, 2.24) is 19.7 Å². The Bertz CT molecular complexity index is 1310. The van der Waals surface area contributed by atoms with E-state index in [4.69, 9.17) is 0 Å². The number of amides is 1. The number of aliphatic hydroxyl groups excluding tert-OH is 1. The Kier molecular flexibility index (Phi) is 4.75. The van der Waals surface area contributed by atoms with Crippen LogP contribution in [0.1, 0.15) is 34.5 Å². The van der Waals surface area contributed by atoms with Gasteiger partial charge >= 0.3 is 0 Å². The first-order valence-corrected chi connectivity index (χ1v) is 10.2. The second-order valence-electron chi connectivity index (χ2n) is 7.81. The van der Waals surface area contributed by atoms with Crippen LogP contribution in [-0.2, 0) is 6.61 Å². The van der Waals surface area contributed by atoms with Crippen molar-refractivity contribution in [3.63, 3.8) is 0 Å². The van der Waals surface area contributed by atoms with E-state index in [1.807, 2.05) is 41.8 Å². The molecule has 31 heavy (non-hydrogen) atoms. The Labute approximate surface area is 178 Å². The van der Waals surface area contributed by atoms with Crippen molar-refractivity contribution in [2.45, 2.75) is 32.4 Å². The SMILES string of the molecule is Cc1nc(-c2ccccc2CO)cn2c(-c3ccc(C(=O)NC4CC4)c(F)c3)cnc12. The number of rotatable bonds is 5. The summed E-state index contributed by atoms with van der Waals surface area (Å²) >= 11 is 0. The number of carbonyl (C=O) groups excluding carboxylic acids is 1. The van der Waals surface area contributed by atoms with Crippen molar-refractivity contribution < 1.29 is 14.3 Å². The van der Waals surface area contributed by atoms with Crippen molar-refractivity contribution in [1.29, 1.82) is 0 Å². The summed E-state index contributed by atoms with van der Waals surface area (Å²) < 4.78 is 16.6. The summed E-state index contributed by atoms with van der Waals surface area (Å²) in [5, 5.41) is 12.5. The van der Waals surface area contributed by atoms with Crippen molar-refractivity contribution in [2.75, 3.05) is 0 Å². The molecule has 0 aliphatic heterocycles. The molecule has 1 amide bonds. The van der Waals surface area contributed by atoms with E-state index in [-0.39, 0.29) is 24.1 Å². The molecule has 2 aromatic heterocycles. The number of fused-ring (bicyclic) bond motifs is 1. The molecular weight excluding hydrogens is 395 g/mol. The second-order valence-corrected chi connectivity index (χ2v) is 7.81. The fraction of sp³-hybridized carbons (Fsp3) is 0.208. The van der Waals surface area contributed by atoms with Crippen molar-refractivity contribution in [2.24, 2.45) is 0 Å². The summed E-state index contributed by atoms with van der Waals surface area (Å²) in [7, 11) is 0. The molecule has 0 radical (unpaired) electrons. The third-order valence-corrected chi connectivity index (χ3v) is 5.55. The van der Waals surface area contributed by atoms with Crippen LogP contribution in [0.3, 0.4) is 0 Å². The van der Waals surface area contributed by atoms with E-state index in [0.717, 1.165) is 29.7 Å². The lowest BCUT2D eigenvalue weighted by Gasteiger charge is -2.11. The molecule has 1 aliphatic carbocycles. The highest BCUT2D eigenvalue weighted by molar-refractivity contribution is 5.95. The Balaban J connectivity index is 1.58. The van der Waals surface area contributed by atoms with Gasteiger partial charge in [0.2, 0.25) is 0 Å². The number of aliphatic hydroxyl groups is 1. The molecule has 0 spiro atoms. The van der Waals surface area contributed by atoms with E-state index in [0.29, 0.717) is 22.6 Å². The average molecular weight is 416 g/mol. The third-order valence-electron chi connectivity index (χ3n) is 5.55. The van der Waals surface area contributed by atoms with E-state index in [1.165, 1.54) is 12.1 Å². The van der Waals surface area contributed by atoms with Gasteiger partial charge in [-0.25, -0.2) is 14.4 Å². The number of hydrogen-bond acceptors (Lipinski definition) is 4. The second kappa shape index (κ2) is 7.59. The number of aromatic nitrogens is 3. The smallest absolute Gasteiger partial charge is 0.254 e. The van der Waals surface area contributed by atoms with Crippen LogP contribution < -0.4 is 5.32 Å². The predicted octanol–water partition coefficient (Wildman–Crippen LogP) is 3.90. The highest BCUT2D eigenvalue weighted by Gasteiger charge is 2.25. The molecule has 7 heteroatoms. The molecule has 0 saturated heterocycles. The molecule has 0 unspecified atom stereocenters. The standard InChI is InChI=1S/C24H21FN4O2/c1-14-23-26-11-22(15-6-9-19(20(25)10-15)24(31)28-17-7-8-17)29(23)12-21(27-14)18-5-3-2-4-16(18)13-30/h2-6,9-12,17,30H,7-8,13H2,1H3,(H,28,31). The summed E-state index contributed by atoms with van der Waals surface area (Å²) in [4.78, 5) is 21.3. The van der Waals surface area contributed by atoms with Gasteiger partial charge in [-0.1, -0.05) is 30.3 Å². The number of aryl methyl sites for hydroxylation is 1. The average Bonchev–Trinajstić information content (AvgIpc) is 3.48. The molecule has 2 heterocycles. The van der Waals surface area contributed by atoms with Gasteiger partial charge in [0, 0.05) is 23.4 Å². The van der Waals surface area contributed by atoms with Gasteiger partial charge in [0.25, 0.3) is 5.91 Å². The van der Waals surface area contributed by atoms with Gasteiger partial charge in [-0.3, -0.25) is 9.20 Å². The van der Waals surface area contributed by atoms with Crippen LogP contribution in [0.15, 0.2) is 54.9 Å². The van der Waals surface area contributed by atoms with Crippen LogP contribution in [-0.4, -0.2) is 31.4 Å². The monoisotopic (exact) mass is 416 g/mol. The number of benzene rings is 2. The summed E-state index contributed by atoms with van der Waals surface area (Å²) in [5.74, 6) is -0.949. The highest BCUT2D eigenvalue weighted by atomic mass is 19.1. The van der Waals surface area contributed by atoms with Crippen LogP contribution in [0.5, 0.6) is 0 Å². The summed E-state index contributed by atoms with van der Waals surface area (Å²) in [6, 6.07) is 12.3. The first-order valence-electron chi connectivity index (χ1n) is 10.2. The minimum Gasteiger partial charge on any atom is -0.392 e. The fourth-order valence-electron chi connectivity index (χ4n) is 3.74. The number of nitrogens with one attached hydrogen (secondary N) is 1. The van der Waals surface area contributed by atoms with Crippen molar-refractivity contribution in [3.05, 3.63) is 77.5 Å². The van der Waals surface area contributed by atoms with E-state index in [1.54, 1.807) is 12.3 Å². The maximum Gasteiger partial charge on any atom is 0.254 e. The Morgan fingerprint density at radius 2 is 2.06 bits per heavy atom. The maximum absolute atomic E-state index is 14.8. The van der Waals surface area contributed by atoms with Crippen LogP contribution in [0.4, 0.5) is 4.39 Å². The van der Waals surface area contributed by atoms with E-state index < -0.39 is 5.82 Å². The van der Waals surface area contributed by atoms with Crippen LogP contribution in [0.2, 0.25) is 0 Å². The molecule has 1 saturated carbocycles. The number of nitrogens with zero attached hydrogens (tertiary/aromatic N) is 3. The molecular formula is C24H21FN4O2. The minimum absolute atomic E-state index is 0.0416. The quantitative estimate of drug-likeness (QED) is 0.517. The number of halogens is 1. The van der Waals surface area contributed by atoms with Gasteiger partial charge in [-0.15, -0.1) is 0 Å². The summed E-state index contributed by atoms with van der Waals surface area (Å²) in [6.45, 7) is 1.77. The summed E-state index contributed by atoms with van der Waals surface area (Å²) in [5.41, 5.74) is 5.01. The fourth-order valence-corrected chi connectivity index (χ4v) is 3.74. The molecule has 4 aromatic rings. The lowest BCUT2D eigenvalue weighted by molar-refractivity contribution is 0.0947. The van der Waals surface area contributed by atoms with Crippen LogP contribution in [0, 0.1) is 12.7 Å². The van der Waals surface area contributed by atoms with Gasteiger partial charge < -0.3 is 10.4 Å². The normalized spacial score (nSPS) is 13.5. The highest BCUT2D eigenvalue weighted by Crippen LogP contribution is 2.28. The number of carbonyl (C=O) groups is 1. The molecule has 6 nitrogen and oxygen atoms in total. The molecule has 2 aromatic carbocycles. The first kappa shape index (κ1) is 19.4. The van der Waals surface area contributed by atoms with Gasteiger partial charge in [0.15, 0.2) is 5.65 Å². The molecule has 0 atom stereocenters. The van der Waals surface area contributed by atoms with Crippen molar-refractivity contribution in [3.8, 4) is 22.5 Å². The van der Waals surface area contributed by atoms with Crippen LogP contribution in [0.25, 0.3) is 28.2 Å². The molecule has 2 N–H and O–H groups in total. The van der Waals surface area contributed by atoms with Gasteiger partial charge in [-0.2, -0.15) is 0 Å². The number of imidazole rings is 1. The largest absolute Gasteiger partial charge is 0.392 e. The Morgan fingerprint density at radius 1 is 1.26 bits per heavy atom. The molecule has 156 valence electrons. The maximum atomic E-state index is 14.8. The van der Waals surface area contributed by atoms with Crippen LogP contribution >= 0.6 is 0 Å². The van der Waals surface area contributed by atoms with Gasteiger partial charge in [0.1, 0.15) is 5.82 Å². The zero-order valence-electron chi connectivity index (χ0n) is 17.0. The lowest BCUT2D eigenvalue weighted by Crippen LogP contribution is -2.26. The molecule has 1 aliphatic rings. The zero-order chi connectivity index (χ0) is 21.5. The van der Waals surface area contributed by atoms with E-state index >= 15 is 0 Å². The van der Waals surface area contributed by atoms with E-state index in [2.05, 4.69) is 15.3 Å². The molecule has 1 fully saturated rings. The van der Waals surface area contributed by atoms with Gasteiger partial charge in [0.05, 0.1) is 35.4 Å². The third kappa shape index (κ3) is 3.57.